The van der Waals surface area contributed by atoms with Crippen LogP contribution in [0.25, 0.3) is 11.2 Å². The van der Waals surface area contributed by atoms with E-state index in [9.17, 15) is 62.7 Å². The van der Waals surface area contributed by atoms with Gasteiger partial charge in [0.2, 0.25) is 11.8 Å². The number of aliphatic hydroxyl groups is 2. The Balaban J connectivity index is 1.51. The number of nitrogens with zero attached hydrogens (tertiary/aromatic N) is 4. The molecule has 2 aromatic heterocycles. The van der Waals surface area contributed by atoms with Crippen LogP contribution in [0.2, 0.25) is 0 Å². The van der Waals surface area contributed by atoms with E-state index in [2.05, 4.69) is 43.5 Å². The van der Waals surface area contributed by atoms with Crippen LogP contribution < -0.4 is 26.2 Å². The molecule has 2 unspecified atom stereocenters. The van der Waals surface area contributed by atoms with Gasteiger partial charge in [-0.05, 0) is 6.92 Å². The molecule has 2 aromatic rings. The van der Waals surface area contributed by atoms with E-state index in [1.165, 1.54) is 20.8 Å². The lowest BCUT2D eigenvalue weighted by Crippen LogP contribution is -2.46. The molecule has 0 aromatic carbocycles. The maximum Gasteiger partial charge on any atom is 0.470 e. The molecular formula is C25H38N7O18P3S-2. The van der Waals surface area contributed by atoms with Gasteiger partial charge >= 0.3 is 7.82 Å². The molecule has 8 N–H and O–H groups in total. The van der Waals surface area contributed by atoms with Gasteiger partial charge in [-0.1, -0.05) is 25.6 Å². The van der Waals surface area contributed by atoms with E-state index in [0.29, 0.717) is 0 Å². The molecule has 0 bridgehead atoms. The Hall–Kier alpha value is -2.77. The highest BCUT2D eigenvalue weighted by Gasteiger charge is 2.49. The summed E-state index contributed by atoms with van der Waals surface area (Å²) in [6.45, 7) is 1.28. The first-order valence-corrected chi connectivity index (χ1v) is 20.9. The minimum atomic E-state index is -5.89. The van der Waals surface area contributed by atoms with Crippen molar-refractivity contribution in [3.05, 3.63) is 12.7 Å². The second-order valence-electron chi connectivity index (χ2n) is 12.1. The molecule has 3 rings (SSSR count). The fourth-order valence-corrected chi connectivity index (χ4v) is 8.03. The fraction of sp³-hybridized carbons (Fsp3) is 0.640. The number of amides is 2. The van der Waals surface area contributed by atoms with Gasteiger partial charge in [0.15, 0.2) is 22.8 Å². The van der Waals surface area contributed by atoms with E-state index in [0.717, 1.165) is 29.0 Å². The molecule has 25 nitrogen and oxygen atoms in total. The Morgan fingerprint density at radius 1 is 1.09 bits per heavy atom. The SMILES string of the molecule is CC(=O)CC(=O)SCCNC(=O)CCNC(=O)[C@H](O)C(C)(C)COP(=O)([O-])OP(=O)([O-])OC[C@H]1O[C@@H](n2cnc3c(N)ncnc32)[C@H](O)[C@@H]1OP(=O)(O)O. The molecule has 0 aliphatic carbocycles. The van der Waals surface area contributed by atoms with Crippen molar-refractivity contribution in [2.24, 2.45) is 5.41 Å². The lowest BCUT2D eigenvalue weighted by molar-refractivity contribution is -0.247. The number of anilines is 1. The second-order valence-corrected chi connectivity index (χ2v) is 17.4. The average molecular weight is 850 g/mol. The van der Waals surface area contributed by atoms with Crippen molar-refractivity contribution in [1.29, 1.82) is 0 Å². The number of rotatable bonds is 21. The number of hydrogen-bond acceptors (Lipinski definition) is 21. The van der Waals surface area contributed by atoms with Crippen molar-refractivity contribution >= 4 is 74.9 Å². The van der Waals surface area contributed by atoms with Gasteiger partial charge < -0.3 is 59.9 Å². The maximum atomic E-state index is 12.5. The number of aliphatic hydroxyl groups excluding tert-OH is 2. The fourth-order valence-electron chi connectivity index (χ4n) is 4.54. The highest BCUT2D eigenvalue weighted by atomic mass is 32.2. The number of aromatic nitrogens is 4. The number of carbonyl (C=O) groups excluding carboxylic acids is 4. The summed E-state index contributed by atoms with van der Waals surface area (Å²) < 4.78 is 60.9. The number of fused-ring (bicyclic) bond motifs is 1. The summed E-state index contributed by atoms with van der Waals surface area (Å²) in [4.78, 5) is 102. The molecule has 2 amide bonds. The summed E-state index contributed by atoms with van der Waals surface area (Å²) in [6.07, 6.45) is -7.51. The first-order valence-electron chi connectivity index (χ1n) is 15.4. The zero-order valence-electron chi connectivity index (χ0n) is 28.6. The molecule has 7 atom stereocenters. The van der Waals surface area contributed by atoms with Crippen LogP contribution in [0.3, 0.4) is 0 Å². The molecule has 0 saturated carbocycles. The highest BCUT2D eigenvalue weighted by molar-refractivity contribution is 8.13. The van der Waals surface area contributed by atoms with Gasteiger partial charge in [-0.25, -0.2) is 23.8 Å². The second kappa shape index (κ2) is 18.9. The number of thioether (sulfide) groups is 1. The summed E-state index contributed by atoms with van der Waals surface area (Å²) >= 11 is 0.870. The molecule has 1 saturated heterocycles. The standard InChI is InChI=1S/C25H40N7O18P3S/c1-13(33)8-16(35)54-7-6-27-15(34)4-5-28-23(38)20(37)25(2,3)10-47-53(44,45)50-52(42,43)46-9-14-19(49-51(39,40)41)18(36)24(48-14)32-12-31-17-21(26)29-11-30-22(17)32/h11-12,14,18-20,24,36-37H,4-10H2,1-3H3,(H,27,34)(H,28,38)(H,42,43)(H,44,45)(H2,26,29,30)(H2,39,40,41)/p-2/t14-,18-,19-,20+,24-/m1/s1. The van der Waals surface area contributed by atoms with Crippen molar-refractivity contribution < 1.29 is 85.3 Å². The van der Waals surface area contributed by atoms with Gasteiger partial charge in [-0.15, -0.1) is 0 Å². The van der Waals surface area contributed by atoms with Crippen LogP contribution in [0.4, 0.5) is 5.82 Å². The van der Waals surface area contributed by atoms with E-state index in [1.807, 2.05) is 0 Å². The molecular weight excluding hydrogens is 811 g/mol. The number of nitrogen functional groups attached to an aromatic ring is 1. The summed E-state index contributed by atoms with van der Waals surface area (Å²) in [5.74, 6) is -1.68. The largest absolute Gasteiger partial charge is 0.756 e. The van der Waals surface area contributed by atoms with Crippen molar-refractivity contribution in [3.8, 4) is 0 Å². The summed E-state index contributed by atoms with van der Waals surface area (Å²) in [5, 5.41) is 25.7. The van der Waals surface area contributed by atoms with Crippen molar-refractivity contribution in [1.82, 2.24) is 30.2 Å². The number of ether oxygens (including phenoxy) is 1. The zero-order valence-corrected chi connectivity index (χ0v) is 32.1. The first-order chi connectivity index (χ1) is 24.9. The van der Waals surface area contributed by atoms with Crippen molar-refractivity contribution in [3.63, 3.8) is 0 Å². The number of Topliss-reactive ketones (excluding diaryl/α,β-unsaturated/α-hetero) is 1. The molecule has 54 heavy (non-hydrogen) atoms. The minimum absolute atomic E-state index is 0.00340. The smallest absolute Gasteiger partial charge is 0.470 e. The Labute approximate surface area is 310 Å². The van der Waals surface area contributed by atoms with Gasteiger partial charge in [0.1, 0.15) is 42.0 Å². The number of nitrogens with two attached hydrogens (primary N) is 1. The molecule has 0 spiro atoms. The number of hydrogen-bond donors (Lipinski definition) is 7. The average Bonchev–Trinajstić information content (AvgIpc) is 3.60. The zero-order chi connectivity index (χ0) is 40.6. The van der Waals surface area contributed by atoms with Crippen LogP contribution in [-0.2, 0) is 55.5 Å². The Morgan fingerprint density at radius 3 is 2.41 bits per heavy atom. The molecule has 0 radical (unpaired) electrons. The Kier molecular flexibility index (Phi) is 16.0. The predicted octanol–water partition coefficient (Wildman–Crippen LogP) is -2.62. The molecule has 304 valence electrons. The predicted molar refractivity (Wildman–Crippen MR) is 178 cm³/mol. The van der Waals surface area contributed by atoms with Gasteiger partial charge in [0.05, 0.1) is 26.0 Å². The number of phosphoric ester groups is 3. The topological polar surface area (TPSA) is 386 Å². The number of nitrogens with one attached hydrogen (secondary N) is 2. The van der Waals surface area contributed by atoms with Crippen LogP contribution in [0.15, 0.2) is 12.7 Å². The van der Waals surface area contributed by atoms with Crippen LogP contribution in [0.1, 0.15) is 39.8 Å². The van der Waals surface area contributed by atoms with Crippen LogP contribution in [0.5, 0.6) is 0 Å². The Bertz CT molecular complexity index is 1830. The van der Waals surface area contributed by atoms with Gasteiger partial charge in [-0.3, -0.25) is 37.4 Å². The Morgan fingerprint density at radius 2 is 1.76 bits per heavy atom. The van der Waals surface area contributed by atoms with E-state index < -0.39 is 84.6 Å². The minimum Gasteiger partial charge on any atom is -0.756 e. The molecule has 29 heteroatoms. The van der Waals surface area contributed by atoms with Crippen molar-refractivity contribution in [2.75, 3.05) is 37.8 Å². The lowest BCUT2D eigenvalue weighted by atomic mass is 9.87. The van der Waals surface area contributed by atoms with E-state index in [4.69, 9.17) is 10.5 Å². The quantitative estimate of drug-likeness (QED) is 0.0384. The van der Waals surface area contributed by atoms with E-state index >= 15 is 0 Å². The lowest BCUT2D eigenvalue weighted by Gasteiger charge is -2.35. The summed E-state index contributed by atoms with van der Waals surface area (Å²) in [7, 11) is -17.1. The van der Waals surface area contributed by atoms with Gasteiger partial charge in [0.25, 0.3) is 15.6 Å². The van der Waals surface area contributed by atoms with Crippen LogP contribution in [-0.4, -0.2) is 119 Å². The number of ketones is 1. The third-order valence-electron chi connectivity index (χ3n) is 7.14. The van der Waals surface area contributed by atoms with Gasteiger partial charge in [-0.2, -0.15) is 0 Å². The number of imidazole rings is 1. The third kappa shape index (κ3) is 13.8. The number of carbonyl (C=O) groups is 4. The number of phosphoric acid groups is 3. The van der Waals surface area contributed by atoms with Crippen LogP contribution in [0, 0.1) is 5.41 Å². The summed E-state index contributed by atoms with van der Waals surface area (Å²) in [6, 6.07) is 0. The highest BCUT2D eigenvalue weighted by Crippen LogP contribution is 2.56. The first kappa shape index (κ1) is 45.6. The van der Waals surface area contributed by atoms with Gasteiger partial charge in [0, 0.05) is 30.7 Å². The van der Waals surface area contributed by atoms with E-state index in [-0.39, 0.29) is 59.6 Å². The van der Waals surface area contributed by atoms with Crippen LogP contribution >= 0.6 is 35.2 Å². The molecule has 3 heterocycles. The molecule has 1 aliphatic heterocycles. The third-order valence-corrected chi connectivity index (χ3v) is 11.0. The maximum absolute atomic E-state index is 12.5. The summed E-state index contributed by atoms with van der Waals surface area (Å²) in [5.41, 5.74) is 4.11. The molecule has 1 aliphatic rings. The monoisotopic (exact) mass is 849 g/mol. The van der Waals surface area contributed by atoms with Crippen molar-refractivity contribution in [2.45, 2.75) is 64.3 Å². The normalized spacial score (nSPS) is 21.9. The van der Waals surface area contributed by atoms with E-state index in [1.54, 1.807) is 0 Å². The molecule has 1 fully saturated rings.